The van der Waals surface area contributed by atoms with E-state index in [1.165, 1.54) is 0 Å². The van der Waals surface area contributed by atoms with Gasteiger partial charge in [-0.15, -0.1) is 0 Å². The van der Waals surface area contributed by atoms with Crippen molar-refractivity contribution in [2.45, 2.75) is 0 Å². The molecule has 19 aromatic rings. The molecule has 0 aliphatic carbocycles. The van der Waals surface area contributed by atoms with E-state index in [1.54, 1.807) is 72.8 Å². The van der Waals surface area contributed by atoms with Gasteiger partial charge in [0, 0.05) is 66.1 Å². The molecule has 19 rings (SSSR count). The Hall–Kier alpha value is -18.2. The van der Waals surface area contributed by atoms with Crippen molar-refractivity contribution in [3.05, 3.63) is 407 Å². The van der Waals surface area contributed by atoms with Gasteiger partial charge in [-0.3, -0.25) is 0 Å². The van der Waals surface area contributed by atoms with Crippen LogP contribution >= 0.6 is 0 Å². The zero-order valence-corrected chi connectivity index (χ0v) is 63.3. The van der Waals surface area contributed by atoms with Crippen LogP contribution in [0.4, 0.5) is 34.1 Å². The third-order valence-electron chi connectivity index (χ3n) is 21.4. The molecule has 4 heterocycles. The lowest BCUT2D eigenvalue weighted by atomic mass is 9.96. The van der Waals surface area contributed by atoms with Crippen LogP contribution in [0.3, 0.4) is 0 Å². The Kier molecular flexibility index (Phi) is 18.3. The SMILES string of the molecule is [C-]#[N+]c1cc(C#N)cc(-c2ccc3c(c2)c2cc(-c4cc([N+]#[C-])cc([N+]#[C-])c4)ccc2n3-c2cc(-c3cccc(-c4ccc(-c5nc(-c6ccccc6)nc(-c6ccccc6)n5)c(-n5c6ccc(-c7cc(C#N)cc([N+]#[C-])c7)cc6c6cc(-c7cc([N+]#[C-])cc([N+]#[C-])c7)ccc65)c4)c3)ccc2-c2nc(-c3ccccc3)nc(-c3ccccc3)n2)c1. The summed E-state index contributed by atoms with van der Waals surface area (Å²) < 4.78 is 4.45. The molecular formula is C104H54N16. The summed E-state index contributed by atoms with van der Waals surface area (Å²) >= 11 is 0. The molecule has 0 aliphatic rings. The Morgan fingerprint density at radius 3 is 0.733 bits per heavy atom. The summed E-state index contributed by atoms with van der Waals surface area (Å²) in [5, 5.41) is 23.9. The van der Waals surface area contributed by atoms with E-state index < -0.39 is 0 Å². The Morgan fingerprint density at radius 2 is 0.450 bits per heavy atom. The van der Waals surface area contributed by atoms with Crippen molar-refractivity contribution >= 4 is 77.7 Å². The average Bonchev–Trinajstić information content (AvgIpc) is 1.58. The quantitative estimate of drug-likeness (QED) is 0.0972. The number of benzene rings is 15. The molecule has 0 saturated carbocycles. The van der Waals surface area contributed by atoms with Crippen molar-refractivity contribution in [1.29, 1.82) is 10.5 Å². The lowest BCUT2D eigenvalue weighted by Crippen LogP contribution is -2.04. The van der Waals surface area contributed by atoms with E-state index in [4.69, 9.17) is 69.3 Å². The van der Waals surface area contributed by atoms with E-state index in [9.17, 15) is 10.5 Å². The lowest BCUT2D eigenvalue weighted by molar-refractivity contribution is 1.06. The second-order valence-electron chi connectivity index (χ2n) is 28.6. The fourth-order valence-electron chi connectivity index (χ4n) is 15.8. The second-order valence-corrected chi connectivity index (χ2v) is 28.6. The van der Waals surface area contributed by atoms with E-state index in [1.807, 2.05) is 146 Å². The highest BCUT2D eigenvalue weighted by atomic mass is 15.1. The van der Waals surface area contributed by atoms with Gasteiger partial charge in [0.05, 0.1) is 85.0 Å². The predicted molar refractivity (Wildman–Crippen MR) is 474 cm³/mol. The van der Waals surface area contributed by atoms with Crippen molar-refractivity contribution in [3.63, 3.8) is 0 Å². The number of nitrogens with zero attached hydrogens (tertiary/aromatic N) is 16. The van der Waals surface area contributed by atoms with E-state index in [0.717, 1.165) is 122 Å². The third kappa shape index (κ3) is 13.4. The normalized spacial score (nSPS) is 10.9. The van der Waals surface area contributed by atoms with Gasteiger partial charge in [0.15, 0.2) is 69.1 Å². The third-order valence-corrected chi connectivity index (χ3v) is 21.4. The zero-order valence-electron chi connectivity index (χ0n) is 63.3. The van der Waals surface area contributed by atoms with Crippen LogP contribution in [0.25, 0.3) is 219 Å². The number of nitriles is 2. The Labute approximate surface area is 688 Å². The van der Waals surface area contributed by atoms with Crippen LogP contribution < -0.4 is 0 Å². The number of aromatic nitrogens is 8. The summed E-state index contributed by atoms with van der Waals surface area (Å²) in [6.45, 7) is 48.2. The maximum Gasteiger partial charge on any atom is 0.189 e. The molecule has 550 valence electrons. The molecular weight excluding hydrogens is 1470 g/mol. The van der Waals surface area contributed by atoms with Crippen LogP contribution in [0, 0.1) is 62.1 Å². The topological polar surface area (TPSA) is 161 Å². The van der Waals surface area contributed by atoms with Gasteiger partial charge in [-0.05, 0) is 182 Å². The highest BCUT2D eigenvalue weighted by molar-refractivity contribution is 6.14. The first kappa shape index (κ1) is 72.1. The first-order valence-corrected chi connectivity index (χ1v) is 38.0. The average molecular weight is 1530 g/mol. The molecule has 0 radical (unpaired) electrons. The molecule has 16 nitrogen and oxygen atoms in total. The van der Waals surface area contributed by atoms with Crippen LogP contribution in [0.1, 0.15) is 11.1 Å². The monoisotopic (exact) mass is 1530 g/mol. The number of rotatable bonds is 14. The summed E-state index contributed by atoms with van der Waals surface area (Å²) in [5.74, 6) is 2.70. The van der Waals surface area contributed by atoms with Gasteiger partial charge in [-0.1, -0.05) is 212 Å². The number of fused-ring (bicyclic) bond motifs is 6. The van der Waals surface area contributed by atoms with Crippen LogP contribution in [0.15, 0.2) is 328 Å². The molecule has 0 bridgehead atoms. The molecule has 0 unspecified atom stereocenters. The van der Waals surface area contributed by atoms with Crippen molar-refractivity contribution in [2.24, 2.45) is 0 Å². The fraction of sp³-hybridized carbons (Fsp3) is 0. The van der Waals surface area contributed by atoms with Gasteiger partial charge in [0.25, 0.3) is 0 Å². The van der Waals surface area contributed by atoms with Crippen molar-refractivity contribution in [1.82, 2.24) is 39.0 Å². The lowest BCUT2D eigenvalue weighted by Gasteiger charge is -2.18. The second kappa shape index (κ2) is 30.4. The van der Waals surface area contributed by atoms with Gasteiger partial charge in [-0.25, -0.2) is 59.0 Å². The smallest absolute Gasteiger partial charge is 0.189 e. The molecule has 0 spiro atoms. The molecule has 0 N–H and O–H groups in total. The van der Waals surface area contributed by atoms with E-state index in [2.05, 4.69) is 160 Å². The van der Waals surface area contributed by atoms with Crippen molar-refractivity contribution in [2.75, 3.05) is 0 Å². The fourth-order valence-corrected chi connectivity index (χ4v) is 15.8. The summed E-state index contributed by atoms with van der Waals surface area (Å²) in [6, 6.07) is 110. The molecule has 0 fully saturated rings. The zero-order chi connectivity index (χ0) is 81.5. The van der Waals surface area contributed by atoms with Gasteiger partial charge in [0.1, 0.15) is 0 Å². The number of hydrogen-bond donors (Lipinski definition) is 0. The molecule has 4 aromatic heterocycles. The van der Waals surface area contributed by atoms with Crippen LogP contribution in [0.2, 0.25) is 0 Å². The summed E-state index contributed by atoms with van der Waals surface area (Å²) in [7, 11) is 0. The molecule has 0 atom stereocenters. The highest BCUT2D eigenvalue weighted by Gasteiger charge is 2.26. The molecule has 0 aliphatic heterocycles. The minimum absolute atomic E-state index is 0.330. The maximum absolute atomic E-state index is 10.3. The minimum atomic E-state index is 0.330. The molecule has 0 amide bonds. The largest absolute Gasteiger partial charge is 0.308 e. The maximum atomic E-state index is 10.3. The first-order valence-electron chi connectivity index (χ1n) is 38.0. The van der Waals surface area contributed by atoms with Crippen LogP contribution in [-0.2, 0) is 0 Å². The Bertz CT molecular complexity index is 6910. The summed E-state index contributed by atoms with van der Waals surface area (Å²) in [5.41, 5.74) is 21.2. The van der Waals surface area contributed by atoms with E-state index >= 15 is 0 Å². The van der Waals surface area contributed by atoms with Crippen molar-refractivity contribution in [3.8, 4) is 159 Å². The summed E-state index contributed by atoms with van der Waals surface area (Å²) in [4.78, 5) is 54.3. The minimum Gasteiger partial charge on any atom is -0.308 e. The Balaban J connectivity index is 0.854. The number of hydrogen-bond acceptors (Lipinski definition) is 8. The summed E-state index contributed by atoms with van der Waals surface area (Å²) in [6.07, 6.45) is 0. The predicted octanol–water partition coefficient (Wildman–Crippen LogP) is 27.3. The Morgan fingerprint density at radius 1 is 0.208 bits per heavy atom. The van der Waals surface area contributed by atoms with Crippen LogP contribution in [0.5, 0.6) is 0 Å². The van der Waals surface area contributed by atoms with E-state index in [0.29, 0.717) is 114 Å². The van der Waals surface area contributed by atoms with Crippen molar-refractivity contribution < 1.29 is 0 Å². The van der Waals surface area contributed by atoms with Gasteiger partial charge in [0.2, 0.25) is 0 Å². The first-order chi connectivity index (χ1) is 59.0. The highest BCUT2D eigenvalue weighted by Crippen LogP contribution is 2.47. The standard InChI is InChI=1S/C104H54N16/c1-107-81-44-63(61-105)42-77(47-81)71-32-38-93-89(53-71)91-55-73(79-49-83(109-3)59-84(50-79)110-4)34-40-95(91)119(93)97-57-75(30-36-87(97)103-115-99(65-20-11-7-12-21-65)113-100(116-103)66-22-13-8-14-23-66)69-28-19-29-70(46-69)76-31-37-88(104-117-101(67-24-15-9-16-25-67)114-102(118-104)68-26-17-10-18-27-68)98(58-76)120-94-39-33-72(78-43-64(62-106)45-82(48-78)108-2)54-90(94)92-56-74(35-41-96(92)120)80-51-85(111-5)60-86(52-80)112-6/h7-60H. The van der Waals surface area contributed by atoms with E-state index in [-0.39, 0.29) is 0 Å². The molecule has 15 aromatic carbocycles. The van der Waals surface area contributed by atoms with Gasteiger partial charge < -0.3 is 9.13 Å². The molecule has 0 saturated heterocycles. The van der Waals surface area contributed by atoms with Gasteiger partial charge in [-0.2, -0.15) is 10.5 Å². The molecule has 120 heavy (non-hydrogen) atoms. The van der Waals surface area contributed by atoms with Crippen LogP contribution in [-0.4, -0.2) is 39.0 Å². The van der Waals surface area contributed by atoms with Gasteiger partial charge >= 0.3 is 0 Å². The molecule has 16 heteroatoms.